The highest BCUT2D eigenvalue weighted by Crippen LogP contribution is 2.33. The number of nitrogens with zero attached hydrogens (tertiary/aromatic N) is 1. The maximum atomic E-state index is 9.68. The first-order chi connectivity index (χ1) is 12.2. The minimum Gasteiger partial charge on any atom is -0.490 e. The Kier molecular flexibility index (Phi) is 7.29. The fourth-order valence-corrected chi connectivity index (χ4v) is 2.69. The molecule has 134 valence electrons. The van der Waals surface area contributed by atoms with Crippen LogP contribution < -0.4 is 14.8 Å². The summed E-state index contributed by atoms with van der Waals surface area (Å²) < 4.78 is 11.5. The van der Waals surface area contributed by atoms with Crippen LogP contribution in [0.4, 0.5) is 0 Å². The van der Waals surface area contributed by atoms with Gasteiger partial charge >= 0.3 is 0 Å². The molecule has 5 nitrogen and oxygen atoms in total. The molecule has 0 aromatic heterocycles. The first kappa shape index (κ1) is 18.8. The quantitative estimate of drug-likeness (QED) is 0.416. The number of oxime groups is 1. The van der Waals surface area contributed by atoms with E-state index >= 15 is 0 Å². The molecule has 2 N–H and O–H groups in total. The molecule has 0 radical (unpaired) electrons. The van der Waals surface area contributed by atoms with Gasteiger partial charge in [-0.15, -0.1) is 0 Å². The SMILES string of the molecule is CCOc1cc(CCNC)c(/C(=N\O)c2ccccc2)cc1OCC. The van der Waals surface area contributed by atoms with Gasteiger partial charge in [-0.1, -0.05) is 35.5 Å². The molecule has 0 bridgehead atoms. The van der Waals surface area contributed by atoms with Gasteiger partial charge in [0, 0.05) is 11.1 Å². The zero-order valence-corrected chi connectivity index (χ0v) is 15.1. The van der Waals surface area contributed by atoms with Crippen molar-refractivity contribution in [2.75, 3.05) is 26.8 Å². The normalized spacial score (nSPS) is 11.4. The largest absolute Gasteiger partial charge is 0.490 e. The summed E-state index contributed by atoms with van der Waals surface area (Å²) in [6.07, 6.45) is 0.782. The number of benzene rings is 2. The zero-order chi connectivity index (χ0) is 18.1. The second kappa shape index (κ2) is 9.69. The van der Waals surface area contributed by atoms with Crippen molar-refractivity contribution < 1.29 is 14.7 Å². The maximum absolute atomic E-state index is 9.68. The average molecular weight is 342 g/mol. The van der Waals surface area contributed by atoms with Crippen LogP contribution in [0.5, 0.6) is 11.5 Å². The Morgan fingerprint density at radius 1 is 1.04 bits per heavy atom. The van der Waals surface area contributed by atoms with Crippen LogP contribution in [0.1, 0.15) is 30.5 Å². The van der Waals surface area contributed by atoms with E-state index in [4.69, 9.17) is 9.47 Å². The van der Waals surface area contributed by atoms with Gasteiger partial charge in [0.1, 0.15) is 5.71 Å². The number of ether oxygens (including phenoxy) is 2. The van der Waals surface area contributed by atoms with Crippen molar-refractivity contribution in [1.29, 1.82) is 0 Å². The molecule has 2 aromatic carbocycles. The van der Waals surface area contributed by atoms with Crippen molar-refractivity contribution in [3.8, 4) is 11.5 Å². The van der Waals surface area contributed by atoms with Crippen LogP contribution in [-0.2, 0) is 6.42 Å². The first-order valence-corrected chi connectivity index (χ1v) is 8.60. The summed E-state index contributed by atoms with van der Waals surface area (Å²) in [5.41, 5.74) is 3.26. The van der Waals surface area contributed by atoms with E-state index in [0.29, 0.717) is 30.4 Å². The van der Waals surface area contributed by atoms with Crippen LogP contribution in [0.3, 0.4) is 0 Å². The van der Waals surface area contributed by atoms with Gasteiger partial charge in [-0.05, 0) is 51.6 Å². The molecule has 2 aromatic rings. The van der Waals surface area contributed by atoms with Crippen molar-refractivity contribution in [1.82, 2.24) is 5.32 Å². The van der Waals surface area contributed by atoms with Gasteiger partial charge in [-0.25, -0.2) is 0 Å². The molecule has 0 aliphatic heterocycles. The van der Waals surface area contributed by atoms with E-state index in [2.05, 4.69) is 10.5 Å². The van der Waals surface area contributed by atoms with Crippen LogP contribution in [0.25, 0.3) is 0 Å². The average Bonchev–Trinajstić information content (AvgIpc) is 2.64. The predicted octanol–water partition coefficient (Wildman–Crippen LogP) is 3.47. The maximum Gasteiger partial charge on any atom is 0.161 e. The second-order valence-corrected chi connectivity index (χ2v) is 5.49. The molecule has 5 heteroatoms. The number of rotatable bonds is 9. The van der Waals surface area contributed by atoms with Crippen molar-refractivity contribution >= 4 is 5.71 Å². The molecule has 0 fully saturated rings. The number of likely N-dealkylation sites (N-methyl/N-ethyl adjacent to an activating group) is 1. The molecule has 0 aliphatic rings. The second-order valence-electron chi connectivity index (χ2n) is 5.49. The van der Waals surface area contributed by atoms with Gasteiger partial charge in [-0.3, -0.25) is 0 Å². The molecule has 0 spiro atoms. The Hall–Kier alpha value is -2.53. The van der Waals surface area contributed by atoms with Gasteiger partial charge in [0.25, 0.3) is 0 Å². The van der Waals surface area contributed by atoms with E-state index in [-0.39, 0.29) is 0 Å². The Morgan fingerprint density at radius 2 is 1.68 bits per heavy atom. The van der Waals surface area contributed by atoms with E-state index in [1.54, 1.807) is 0 Å². The fourth-order valence-electron chi connectivity index (χ4n) is 2.69. The summed E-state index contributed by atoms with van der Waals surface area (Å²) in [6, 6.07) is 13.5. The predicted molar refractivity (Wildman–Crippen MR) is 100 cm³/mol. The lowest BCUT2D eigenvalue weighted by Crippen LogP contribution is -2.15. The topological polar surface area (TPSA) is 63.1 Å². The van der Waals surface area contributed by atoms with Crippen LogP contribution in [0, 0.1) is 0 Å². The summed E-state index contributed by atoms with van der Waals surface area (Å²) >= 11 is 0. The summed E-state index contributed by atoms with van der Waals surface area (Å²) in [7, 11) is 1.91. The van der Waals surface area contributed by atoms with Gasteiger partial charge in [-0.2, -0.15) is 0 Å². The van der Waals surface area contributed by atoms with Crippen molar-refractivity contribution in [3.05, 3.63) is 59.2 Å². The number of hydrogen-bond donors (Lipinski definition) is 2. The van der Waals surface area contributed by atoms with Crippen LogP contribution >= 0.6 is 0 Å². The third-order valence-corrected chi connectivity index (χ3v) is 3.82. The Bertz CT molecular complexity index is 700. The van der Waals surface area contributed by atoms with Crippen molar-refractivity contribution in [3.63, 3.8) is 0 Å². The minimum absolute atomic E-state index is 0.524. The van der Waals surface area contributed by atoms with E-state index in [9.17, 15) is 5.21 Å². The number of hydrogen-bond acceptors (Lipinski definition) is 5. The smallest absolute Gasteiger partial charge is 0.161 e. The third-order valence-electron chi connectivity index (χ3n) is 3.82. The molecule has 0 saturated heterocycles. The fraction of sp³-hybridized carbons (Fsp3) is 0.350. The molecule has 0 heterocycles. The van der Waals surface area contributed by atoms with E-state index in [1.807, 2.05) is 63.4 Å². The van der Waals surface area contributed by atoms with Gasteiger partial charge < -0.3 is 20.0 Å². The van der Waals surface area contributed by atoms with Gasteiger partial charge in [0.2, 0.25) is 0 Å². The van der Waals surface area contributed by atoms with Crippen molar-refractivity contribution in [2.45, 2.75) is 20.3 Å². The van der Waals surface area contributed by atoms with Crippen LogP contribution in [0.2, 0.25) is 0 Å². The minimum atomic E-state index is 0.524. The highest BCUT2D eigenvalue weighted by molar-refractivity contribution is 6.13. The molecule has 0 amide bonds. The first-order valence-electron chi connectivity index (χ1n) is 8.60. The summed E-state index contributed by atoms with van der Waals surface area (Å²) in [6.45, 7) is 5.78. The standard InChI is InChI=1S/C20H26N2O3/c1-4-24-18-13-16(11-12-21-3)17(14-19(18)25-5-2)20(22-23)15-9-7-6-8-10-15/h6-10,13-14,21,23H,4-5,11-12H2,1-3H3/b22-20-. The lowest BCUT2D eigenvalue weighted by atomic mass is 9.95. The van der Waals surface area contributed by atoms with E-state index in [1.165, 1.54) is 0 Å². The zero-order valence-electron chi connectivity index (χ0n) is 15.1. The molecule has 0 saturated carbocycles. The van der Waals surface area contributed by atoms with E-state index in [0.717, 1.165) is 29.7 Å². The van der Waals surface area contributed by atoms with Crippen LogP contribution in [-0.4, -0.2) is 37.7 Å². The molecule has 0 atom stereocenters. The lowest BCUT2D eigenvalue weighted by Gasteiger charge is -2.17. The molecule has 0 unspecified atom stereocenters. The Morgan fingerprint density at radius 3 is 2.24 bits per heavy atom. The van der Waals surface area contributed by atoms with Crippen LogP contribution in [0.15, 0.2) is 47.6 Å². The summed E-state index contributed by atoms with van der Waals surface area (Å²) in [5, 5.41) is 16.4. The van der Waals surface area contributed by atoms with Gasteiger partial charge in [0.05, 0.1) is 13.2 Å². The Balaban J connectivity index is 2.57. The highest BCUT2D eigenvalue weighted by Gasteiger charge is 2.17. The molecule has 25 heavy (non-hydrogen) atoms. The molecular weight excluding hydrogens is 316 g/mol. The number of nitrogens with one attached hydrogen (secondary N) is 1. The third kappa shape index (κ3) is 4.73. The van der Waals surface area contributed by atoms with Gasteiger partial charge in [0.15, 0.2) is 11.5 Å². The molecular formula is C20H26N2O3. The monoisotopic (exact) mass is 342 g/mol. The highest BCUT2D eigenvalue weighted by atomic mass is 16.5. The summed E-state index contributed by atoms with van der Waals surface area (Å²) in [4.78, 5) is 0. The van der Waals surface area contributed by atoms with Crippen molar-refractivity contribution in [2.24, 2.45) is 5.16 Å². The Labute approximate surface area is 149 Å². The lowest BCUT2D eigenvalue weighted by molar-refractivity contribution is 0.287. The van der Waals surface area contributed by atoms with E-state index < -0.39 is 0 Å². The molecule has 0 aliphatic carbocycles. The molecule has 2 rings (SSSR count). The summed E-state index contributed by atoms with van der Waals surface area (Å²) in [5.74, 6) is 1.37.